The highest BCUT2D eigenvalue weighted by Crippen LogP contribution is 2.12. The molecule has 0 heterocycles. The molecule has 0 radical (unpaired) electrons. The Morgan fingerprint density at radius 3 is 2.50 bits per heavy atom. The Kier molecular flexibility index (Phi) is 5.28. The Labute approximate surface area is 130 Å². The molecule has 0 spiro atoms. The molecule has 4 heteroatoms. The first-order valence-corrected chi connectivity index (χ1v) is 7.32. The molecule has 22 heavy (non-hydrogen) atoms. The van der Waals surface area contributed by atoms with Crippen LogP contribution in [0.4, 0.5) is 4.39 Å². The molecule has 116 valence electrons. The first-order chi connectivity index (χ1) is 10.5. The summed E-state index contributed by atoms with van der Waals surface area (Å²) in [5, 5.41) is 2.83. The Morgan fingerprint density at radius 1 is 1.18 bits per heavy atom. The van der Waals surface area contributed by atoms with Gasteiger partial charge < -0.3 is 11.1 Å². The molecule has 1 atom stereocenters. The minimum absolute atomic E-state index is 0.205. The van der Waals surface area contributed by atoms with Gasteiger partial charge in [0.2, 0.25) is 5.91 Å². The van der Waals surface area contributed by atoms with E-state index >= 15 is 0 Å². The second-order valence-corrected chi connectivity index (χ2v) is 5.50. The van der Waals surface area contributed by atoms with Gasteiger partial charge in [-0.25, -0.2) is 4.39 Å². The highest BCUT2D eigenvalue weighted by molar-refractivity contribution is 5.82. The predicted molar refractivity (Wildman–Crippen MR) is 86.0 cm³/mol. The summed E-state index contributed by atoms with van der Waals surface area (Å²) in [6.45, 7) is 4.32. The maximum absolute atomic E-state index is 13.0. The van der Waals surface area contributed by atoms with E-state index in [1.54, 1.807) is 6.07 Å². The van der Waals surface area contributed by atoms with Crippen LogP contribution in [-0.4, -0.2) is 12.5 Å². The Bertz CT molecular complexity index is 653. The largest absolute Gasteiger partial charge is 0.354 e. The van der Waals surface area contributed by atoms with E-state index in [0.717, 1.165) is 22.3 Å². The van der Waals surface area contributed by atoms with Gasteiger partial charge in [-0.2, -0.15) is 0 Å². The van der Waals surface area contributed by atoms with Crippen LogP contribution in [0.2, 0.25) is 0 Å². The molecule has 0 saturated heterocycles. The van der Waals surface area contributed by atoms with Gasteiger partial charge in [0.1, 0.15) is 11.9 Å². The molecule has 2 aromatic rings. The van der Waals surface area contributed by atoms with Crippen molar-refractivity contribution >= 4 is 5.91 Å². The molecule has 0 saturated carbocycles. The Balaban J connectivity index is 1.88. The summed E-state index contributed by atoms with van der Waals surface area (Å²) in [6.07, 6.45) is 0.651. The van der Waals surface area contributed by atoms with Crippen LogP contribution in [0.15, 0.2) is 42.5 Å². The minimum atomic E-state index is -0.671. The van der Waals surface area contributed by atoms with Crippen molar-refractivity contribution in [2.75, 3.05) is 6.54 Å². The number of nitrogens with one attached hydrogen (secondary N) is 1. The predicted octanol–water partition coefficient (Wildman–Crippen LogP) is 2.80. The fourth-order valence-electron chi connectivity index (χ4n) is 2.30. The normalized spacial score (nSPS) is 12.0. The van der Waals surface area contributed by atoms with Crippen LogP contribution in [0.5, 0.6) is 0 Å². The lowest BCUT2D eigenvalue weighted by Crippen LogP contribution is -2.35. The van der Waals surface area contributed by atoms with E-state index in [1.807, 2.05) is 38.1 Å². The van der Waals surface area contributed by atoms with Crippen LogP contribution in [-0.2, 0) is 11.2 Å². The average molecular weight is 300 g/mol. The zero-order chi connectivity index (χ0) is 16.1. The molecule has 0 aliphatic rings. The first-order valence-electron chi connectivity index (χ1n) is 7.32. The van der Waals surface area contributed by atoms with Crippen LogP contribution in [0, 0.1) is 19.7 Å². The van der Waals surface area contributed by atoms with E-state index < -0.39 is 6.04 Å². The van der Waals surface area contributed by atoms with Gasteiger partial charge in [0.25, 0.3) is 0 Å². The second kappa shape index (κ2) is 7.18. The summed E-state index contributed by atoms with van der Waals surface area (Å²) in [7, 11) is 0. The zero-order valence-corrected chi connectivity index (χ0v) is 12.9. The number of carbonyl (C=O) groups excluding carboxylic acids is 1. The second-order valence-electron chi connectivity index (χ2n) is 5.50. The van der Waals surface area contributed by atoms with E-state index in [-0.39, 0.29) is 11.7 Å². The van der Waals surface area contributed by atoms with Crippen LogP contribution in [0.1, 0.15) is 28.3 Å². The quantitative estimate of drug-likeness (QED) is 0.892. The first kappa shape index (κ1) is 16.2. The third-order valence-electron chi connectivity index (χ3n) is 3.72. The van der Waals surface area contributed by atoms with E-state index in [1.165, 1.54) is 12.1 Å². The molecule has 1 amide bonds. The van der Waals surface area contributed by atoms with Gasteiger partial charge in [0.05, 0.1) is 0 Å². The number of rotatable bonds is 5. The summed E-state index contributed by atoms with van der Waals surface area (Å²) in [5.41, 5.74) is 9.78. The molecule has 2 rings (SSSR count). The fourth-order valence-corrected chi connectivity index (χ4v) is 2.30. The number of aryl methyl sites for hydroxylation is 2. The lowest BCUT2D eigenvalue weighted by molar-refractivity contribution is -0.122. The fraction of sp³-hybridized carbons (Fsp3) is 0.278. The van der Waals surface area contributed by atoms with E-state index in [2.05, 4.69) is 5.32 Å². The SMILES string of the molecule is Cc1ccc(C(N)C(=O)NCCc2ccc(F)cc2C)cc1. The van der Waals surface area contributed by atoms with Crippen molar-refractivity contribution < 1.29 is 9.18 Å². The van der Waals surface area contributed by atoms with E-state index in [0.29, 0.717) is 13.0 Å². The van der Waals surface area contributed by atoms with E-state index in [4.69, 9.17) is 5.73 Å². The number of carbonyl (C=O) groups is 1. The van der Waals surface area contributed by atoms with Gasteiger partial charge in [0, 0.05) is 6.54 Å². The Hall–Kier alpha value is -2.20. The van der Waals surface area contributed by atoms with Gasteiger partial charge in [-0.1, -0.05) is 35.9 Å². The van der Waals surface area contributed by atoms with E-state index in [9.17, 15) is 9.18 Å². The molecule has 3 N–H and O–H groups in total. The van der Waals surface area contributed by atoms with Crippen molar-refractivity contribution in [3.8, 4) is 0 Å². The van der Waals surface area contributed by atoms with Crippen molar-refractivity contribution in [1.82, 2.24) is 5.32 Å². The number of amides is 1. The highest BCUT2D eigenvalue weighted by atomic mass is 19.1. The van der Waals surface area contributed by atoms with Crippen LogP contribution >= 0.6 is 0 Å². The van der Waals surface area contributed by atoms with Gasteiger partial charge in [-0.15, -0.1) is 0 Å². The van der Waals surface area contributed by atoms with Crippen LogP contribution < -0.4 is 11.1 Å². The van der Waals surface area contributed by atoms with Crippen LogP contribution in [0.25, 0.3) is 0 Å². The number of halogens is 1. The van der Waals surface area contributed by atoms with Gasteiger partial charge in [0.15, 0.2) is 0 Å². The van der Waals surface area contributed by atoms with Crippen molar-refractivity contribution in [3.05, 3.63) is 70.5 Å². The molecule has 2 aromatic carbocycles. The molecular formula is C18H21FN2O. The topological polar surface area (TPSA) is 55.1 Å². The maximum atomic E-state index is 13.0. The molecule has 0 fully saturated rings. The highest BCUT2D eigenvalue weighted by Gasteiger charge is 2.15. The molecule has 0 aromatic heterocycles. The molecule has 3 nitrogen and oxygen atoms in total. The average Bonchev–Trinajstić information content (AvgIpc) is 2.49. The van der Waals surface area contributed by atoms with Crippen molar-refractivity contribution in [3.63, 3.8) is 0 Å². The number of hydrogen-bond donors (Lipinski definition) is 2. The van der Waals surface area contributed by atoms with Gasteiger partial charge in [-0.05, 0) is 49.1 Å². The molecular weight excluding hydrogens is 279 g/mol. The van der Waals surface area contributed by atoms with Crippen LogP contribution in [0.3, 0.4) is 0 Å². The number of nitrogens with two attached hydrogens (primary N) is 1. The van der Waals surface area contributed by atoms with Gasteiger partial charge >= 0.3 is 0 Å². The summed E-state index contributed by atoms with van der Waals surface area (Å²) in [5.74, 6) is -0.449. The van der Waals surface area contributed by atoms with Crippen molar-refractivity contribution in [1.29, 1.82) is 0 Å². The third kappa shape index (κ3) is 4.15. The smallest absolute Gasteiger partial charge is 0.241 e. The lowest BCUT2D eigenvalue weighted by Gasteiger charge is -2.13. The number of benzene rings is 2. The lowest BCUT2D eigenvalue weighted by atomic mass is 10.0. The summed E-state index contributed by atoms with van der Waals surface area (Å²) < 4.78 is 13.0. The standard InChI is InChI=1S/C18H21FN2O/c1-12-3-5-15(6-4-12)17(20)18(22)21-10-9-14-7-8-16(19)11-13(14)2/h3-8,11,17H,9-10,20H2,1-2H3,(H,21,22). The molecule has 0 bridgehead atoms. The zero-order valence-electron chi connectivity index (χ0n) is 12.9. The molecule has 0 aliphatic heterocycles. The molecule has 0 aliphatic carbocycles. The summed E-state index contributed by atoms with van der Waals surface area (Å²) in [4.78, 5) is 12.1. The number of hydrogen-bond acceptors (Lipinski definition) is 2. The Morgan fingerprint density at radius 2 is 1.86 bits per heavy atom. The van der Waals surface area contributed by atoms with Crippen molar-refractivity contribution in [2.24, 2.45) is 5.73 Å². The molecule has 1 unspecified atom stereocenters. The third-order valence-corrected chi connectivity index (χ3v) is 3.72. The summed E-state index contributed by atoms with van der Waals surface area (Å²) >= 11 is 0. The summed E-state index contributed by atoms with van der Waals surface area (Å²) in [6, 6.07) is 11.6. The van der Waals surface area contributed by atoms with Gasteiger partial charge in [-0.3, -0.25) is 4.79 Å². The van der Waals surface area contributed by atoms with Crippen molar-refractivity contribution in [2.45, 2.75) is 26.3 Å². The monoisotopic (exact) mass is 300 g/mol. The minimum Gasteiger partial charge on any atom is -0.354 e. The maximum Gasteiger partial charge on any atom is 0.241 e.